The Morgan fingerprint density at radius 3 is 2.56 bits per heavy atom. The van der Waals surface area contributed by atoms with E-state index in [-0.39, 0.29) is 30.5 Å². The number of rotatable bonds is 1. The number of aromatic nitrogens is 3. The molecule has 130 valence electrons. The predicted octanol–water partition coefficient (Wildman–Crippen LogP) is 1.04. The van der Waals surface area contributed by atoms with Gasteiger partial charge < -0.3 is 14.6 Å². The monoisotopic (exact) mass is 407 g/mol. The summed E-state index contributed by atoms with van der Waals surface area (Å²) in [4.78, 5) is 41.4. The van der Waals surface area contributed by atoms with Gasteiger partial charge in [0.1, 0.15) is 6.07 Å². The van der Waals surface area contributed by atoms with Crippen LogP contribution in [-0.2, 0) is 7.05 Å². The average Bonchev–Trinajstić information content (AvgIpc) is 2.60. The van der Waals surface area contributed by atoms with Gasteiger partial charge in [0.15, 0.2) is 11.3 Å². The fraction of sp³-hybridized carbons (Fsp3) is 0.400. The number of nitriles is 1. The van der Waals surface area contributed by atoms with Crippen molar-refractivity contribution in [2.24, 2.45) is 7.05 Å². The molecule has 0 radical (unpaired) electrons. The van der Waals surface area contributed by atoms with Crippen LogP contribution in [0.15, 0.2) is 20.1 Å². The number of hydrogen-bond acceptors (Lipinski definition) is 5. The molecule has 1 aliphatic heterocycles. The van der Waals surface area contributed by atoms with Crippen molar-refractivity contribution in [2.45, 2.75) is 18.9 Å². The molecule has 0 aromatic carbocycles. The van der Waals surface area contributed by atoms with Gasteiger partial charge in [-0.25, -0.2) is 9.78 Å². The van der Waals surface area contributed by atoms with Gasteiger partial charge in [0, 0.05) is 26.2 Å². The molecule has 2 aromatic heterocycles. The molecule has 0 bridgehead atoms. The summed E-state index contributed by atoms with van der Waals surface area (Å²) in [7, 11) is 1.48. The van der Waals surface area contributed by atoms with Crippen LogP contribution in [0.4, 0.5) is 4.79 Å². The van der Waals surface area contributed by atoms with Crippen molar-refractivity contribution in [3.05, 3.63) is 36.9 Å². The van der Waals surface area contributed by atoms with E-state index in [0.29, 0.717) is 22.8 Å². The zero-order chi connectivity index (χ0) is 18.3. The van der Waals surface area contributed by atoms with Gasteiger partial charge in [0.2, 0.25) is 0 Å². The van der Waals surface area contributed by atoms with Crippen LogP contribution in [0, 0.1) is 11.3 Å². The minimum Gasteiger partial charge on any atom is -0.465 e. The van der Waals surface area contributed by atoms with E-state index < -0.39 is 17.2 Å². The number of amides is 1. The Hall–Kier alpha value is -2.67. The molecule has 1 N–H and O–H groups in total. The van der Waals surface area contributed by atoms with Crippen molar-refractivity contribution < 1.29 is 9.90 Å². The Balaban J connectivity index is 2.21. The first-order chi connectivity index (χ1) is 11.8. The van der Waals surface area contributed by atoms with E-state index >= 15 is 0 Å². The van der Waals surface area contributed by atoms with E-state index in [9.17, 15) is 19.6 Å². The topological polar surface area (TPSA) is 121 Å². The van der Waals surface area contributed by atoms with Gasteiger partial charge in [0.05, 0.1) is 9.99 Å². The average molecular weight is 408 g/mol. The number of carboxylic acid groups (broad SMARTS) is 1. The van der Waals surface area contributed by atoms with Gasteiger partial charge in [-0.1, -0.05) is 0 Å². The number of likely N-dealkylation sites (tertiary alicyclic amines) is 1. The first kappa shape index (κ1) is 17.2. The third kappa shape index (κ3) is 2.80. The summed E-state index contributed by atoms with van der Waals surface area (Å²) in [6.45, 7) is 0.537. The minimum atomic E-state index is -1.01. The molecule has 10 heteroatoms. The predicted molar refractivity (Wildman–Crippen MR) is 91.5 cm³/mol. The molecule has 1 fully saturated rings. The van der Waals surface area contributed by atoms with E-state index in [4.69, 9.17) is 5.11 Å². The van der Waals surface area contributed by atoms with Crippen molar-refractivity contribution in [3.8, 4) is 6.07 Å². The smallest absolute Gasteiger partial charge is 0.407 e. The number of hydrogen-bond donors (Lipinski definition) is 1. The highest BCUT2D eigenvalue weighted by atomic mass is 79.9. The molecule has 1 amide bonds. The lowest BCUT2D eigenvalue weighted by atomic mass is 10.0. The van der Waals surface area contributed by atoms with Crippen LogP contribution in [0.25, 0.3) is 11.2 Å². The number of fused-ring (bicyclic) bond motifs is 1. The number of carbonyl (C=O) groups is 1. The third-order valence-electron chi connectivity index (χ3n) is 4.44. The van der Waals surface area contributed by atoms with Crippen LogP contribution in [0.1, 0.15) is 24.6 Å². The Labute approximate surface area is 149 Å². The van der Waals surface area contributed by atoms with E-state index in [1.807, 2.05) is 6.07 Å². The molecule has 1 aliphatic rings. The van der Waals surface area contributed by atoms with Crippen molar-refractivity contribution in [1.29, 1.82) is 5.26 Å². The van der Waals surface area contributed by atoms with Gasteiger partial charge in [-0.05, 0) is 34.8 Å². The number of piperidine rings is 1. The standard InChI is InChI=1S/C15H14BrN5O4/c1-19-11-6-9(16)10(7-17)18-12(11)21(14(23)13(19)22)8-2-4-20(5-3-8)15(24)25/h6,8H,2-5H2,1H3,(H,24,25). The third-order valence-corrected chi connectivity index (χ3v) is 5.04. The van der Waals surface area contributed by atoms with Crippen LogP contribution in [0.5, 0.6) is 0 Å². The van der Waals surface area contributed by atoms with Gasteiger partial charge >= 0.3 is 17.2 Å². The maximum atomic E-state index is 12.6. The lowest BCUT2D eigenvalue weighted by molar-refractivity contribution is 0.125. The molecule has 3 heterocycles. The van der Waals surface area contributed by atoms with E-state index in [1.54, 1.807) is 6.07 Å². The van der Waals surface area contributed by atoms with Gasteiger partial charge in [-0.3, -0.25) is 14.2 Å². The zero-order valence-corrected chi connectivity index (χ0v) is 14.9. The SMILES string of the molecule is Cn1c(=O)c(=O)n(C2CCN(C(=O)O)CC2)c2nc(C#N)c(Br)cc21. The molecule has 0 unspecified atom stereocenters. The fourth-order valence-electron chi connectivity index (χ4n) is 3.08. The maximum absolute atomic E-state index is 12.6. The Bertz CT molecular complexity index is 1030. The summed E-state index contributed by atoms with van der Waals surface area (Å²) in [6, 6.07) is 3.19. The van der Waals surface area contributed by atoms with Gasteiger partial charge in [-0.15, -0.1) is 0 Å². The van der Waals surface area contributed by atoms with E-state index in [1.165, 1.54) is 21.1 Å². The molecule has 3 rings (SSSR count). The Morgan fingerprint density at radius 1 is 1.36 bits per heavy atom. The second kappa shape index (κ2) is 6.33. The number of halogens is 1. The minimum absolute atomic E-state index is 0.113. The number of pyridine rings is 1. The van der Waals surface area contributed by atoms with Gasteiger partial charge in [-0.2, -0.15) is 5.26 Å². The molecule has 0 saturated carbocycles. The summed E-state index contributed by atoms with van der Waals surface area (Å²) in [5.74, 6) is 0. The Morgan fingerprint density at radius 2 is 2.00 bits per heavy atom. The Kier molecular flexibility index (Phi) is 4.34. The molecular formula is C15H14BrN5O4. The van der Waals surface area contributed by atoms with Gasteiger partial charge in [0.25, 0.3) is 0 Å². The van der Waals surface area contributed by atoms with E-state index in [2.05, 4.69) is 20.9 Å². The van der Waals surface area contributed by atoms with Crippen LogP contribution >= 0.6 is 15.9 Å². The molecule has 25 heavy (non-hydrogen) atoms. The molecule has 0 aliphatic carbocycles. The van der Waals surface area contributed by atoms with Crippen molar-refractivity contribution in [2.75, 3.05) is 13.1 Å². The summed E-state index contributed by atoms with van der Waals surface area (Å²) in [6.07, 6.45) is -0.212. The molecule has 0 spiro atoms. The highest BCUT2D eigenvalue weighted by Gasteiger charge is 2.27. The lowest BCUT2D eigenvalue weighted by Gasteiger charge is -2.31. The van der Waals surface area contributed by atoms with Crippen LogP contribution < -0.4 is 11.1 Å². The van der Waals surface area contributed by atoms with Crippen LogP contribution in [0.3, 0.4) is 0 Å². The first-order valence-corrected chi connectivity index (χ1v) is 8.34. The molecule has 0 atom stereocenters. The second-order valence-electron chi connectivity index (χ2n) is 5.81. The summed E-state index contributed by atoms with van der Waals surface area (Å²) in [5, 5.41) is 18.2. The molecule has 9 nitrogen and oxygen atoms in total. The fourth-order valence-corrected chi connectivity index (χ4v) is 3.47. The summed E-state index contributed by atoms with van der Waals surface area (Å²) < 4.78 is 2.95. The number of aryl methyl sites for hydroxylation is 1. The van der Waals surface area contributed by atoms with E-state index in [0.717, 1.165) is 0 Å². The van der Waals surface area contributed by atoms with Crippen molar-refractivity contribution in [3.63, 3.8) is 0 Å². The zero-order valence-electron chi connectivity index (χ0n) is 13.3. The summed E-state index contributed by atoms with van der Waals surface area (Å²) >= 11 is 3.24. The quantitative estimate of drug-likeness (QED) is 0.704. The van der Waals surface area contributed by atoms with Crippen molar-refractivity contribution >= 4 is 33.2 Å². The lowest BCUT2D eigenvalue weighted by Crippen LogP contribution is -2.45. The normalized spacial score (nSPS) is 15.3. The van der Waals surface area contributed by atoms with Crippen LogP contribution in [-0.4, -0.2) is 43.3 Å². The van der Waals surface area contributed by atoms with Crippen LogP contribution in [0.2, 0.25) is 0 Å². The first-order valence-electron chi connectivity index (χ1n) is 7.55. The molecule has 2 aromatic rings. The highest BCUT2D eigenvalue weighted by molar-refractivity contribution is 9.10. The maximum Gasteiger partial charge on any atom is 0.407 e. The molecular weight excluding hydrogens is 394 g/mol. The highest BCUT2D eigenvalue weighted by Crippen LogP contribution is 2.26. The van der Waals surface area contributed by atoms with Crippen molar-refractivity contribution in [1.82, 2.24) is 19.0 Å². The largest absolute Gasteiger partial charge is 0.465 e. The second-order valence-corrected chi connectivity index (χ2v) is 6.67. The molecule has 1 saturated heterocycles. The summed E-state index contributed by atoms with van der Waals surface area (Å²) in [5.41, 5.74) is -0.618. The number of nitrogens with zero attached hydrogens (tertiary/aromatic N) is 5.